The van der Waals surface area contributed by atoms with E-state index < -0.39 is 6.03 Å². The fraction of sp³-hybridized carbons (Fsp3) is 0.200. The molecule has 0 bridgehead atoms. The highest BCUT2D eigenvalue weighted by Crippen LogP contribution is 2.21. The first-order valence-corrected chi connectivity index (χ1v) is 5.72. The van der Waals surface area contributed by atoms with Crippen LogP contribution in [-0.4, -0.2) is 18.9 Å². The van der Waals surface area contributed by atoms with Gasteiger partial charge in [-0.25, -0.2) is 10.2 Å². The Bertz CT molecular complexity index is 407. The van der Waals surface area contributed by atoms with Gasteiger partial charge in [-0.2, -0.15) is 5.10 Å². The number of carbonyl (C=O) groups is 1. The van der Waals surface area contributed by atoms with Gasteiger partial charge >= 0.3 is 6.03 Å². The predicted octanol–water partition coefficient (Wildman–Crippen LogP) is 1.69. The number of carbonyl (C=O) groups excluding carboxylic acids is 1. The summed E-state index contributed by atoms with van der Waals surface area (Å²) in [5.74, 6) is 0.836. The predicted molar refractivity (Wildman–Crippen MR) is 70.6 cm³/mol. The third kappa shape index (κ3) is 4.05. The minimum absolute atomic E-state index is 0.632. The molecular weight excluding hydrogens is 321 g/mol. The number of ether oxygens (including phenoxy) is 1. The molecule has 2 amide bonds. The number of hydrazone groups is 1. The SMILES string of the molecule is CCOc1ccc(/C=N\NC(N)=O)cc1I. The maximum absolute atomic E-state index is 10.4. The molecule has 0 atom stereocenters. The molecule has 0 aromatic heterocycles. The van der Waals surface area contributed by atoms with E-state index >= 15 is 0 Å². The largest absolute Gasteiger partial charge is 0.493 e. The van der Waals surface area contributed by atoms with Crippen LogP contribution in [0.3, 0.4) is 0 Å². The van der Waals surface area contributed by atoms with Crippen LogP contribution in [0.15, 0.2) is 23.3 Å². The molecule has 0 aliphatic heterocycles. The fourth-order valence-corrected chi connectivity index (χ4v) is 1.74. The molecule has 0 saturated carbocycles. The van der Waals surface area contributed by atoms with Gasteiger partial charge < -0.3 is 10.5 Å². The summed E-state index contributed by atoms with van der Waals surface area (Å²) in [5, 5.41) is 3.66. The Balaban J connectivity index is 2.73. The van der Waals surface area contributed by atoms with Gasteiger partial charge in [0, 0.05) is 0 Å². The molecule has 3 N–H and O–H groups in total. The van der Waals surface area contributed by atoms with E-state index in [9.17, 15) is 4.79 Å². The Labute approximate surface area is 107 Å². The normalized spacial score (nSPS) is 10.4. The lowest BCUT2D eigenvalue weighted by molar-refractivity contribution is 0.249. The molecule has 0 spiro atoms. The van der Waals surface area contributed by atoms with Crippen molar-refractivity contribution in [3.05, 3.63) is 27.3 Å². The molecule has 0 unspecified atom stereocenters. The van der Waals surface area contributed by atoms with Crippen LogP contribution < -0.4 is 15.9 Å². The molecule has 1 rings (SSSR count). The molecule has 0 aliphatic rings. The molecule has 86 valence electrons. The lowest BCUT2D eigenvalue weighted by Gasteiger charge is -2.05. The Morgan fingerprint density at radius 3 is 3.00 bits per heavy atom. The lowest BCUT2D eigenvalue weighted by atomic mass is 10.2. The van der Waals surface area contributed by atoms with Gasteiger partial charge in [-0.05, 0) is 53.3 Å². The maximum atomic E-state index is 10.4. The molecule has 0 radical (unpaired) electrons. The van der Waals surface area contributed by atoms with Crippen molar-refractivity contribution in [3.63, 3.8) is 0 Å². The topological polar surface area (TPSA) is 76.7 Å². The van der Waals surface area contributed by atoms with E-state index in [0.29, 0.717) is 6.61 Å². The van der Waals surface area contributed by atoms with Crippen LogP contribution in [0.2, 0.25) is 0 Å². The number of hydrogen-bond acceptors (Lipinski definition) is 3. The van der Waals surface area contributed by atoms with Crippen molar-refractivity contribution in [3.8, 4) is 5.75 Å². The Morgan fingerprint density at radius 1 is 1.69 bits per heavy atom. The number of urea groups is 1. The zero-order chi connectivity index (χ0) is 12.0. The molecule has 0 heterocycles. The summed E-state index contributed by atoms with van der Waals surface area (Å²) >= 11 is 2.18. The zero-order valence-electron chi connectivity index (χ0n) is 8.74. The number of benzene rings is 1. The zero-order valence-corrected chi connectivity index (χ0v) is 10.9. The summed E-state index contributed by atoms with van der Waals surface area (Å²) < 4.78 is 6.38. The highest BCUT2D eigenvalue weighted by atomic mass is 127. The second-order valence-electron chi connectivity index (χ2n) is 2.86. The molecule has 6 heteroatoms. The van der Waals surface area contributed by atoms with Crippen molar-refractivity contribution < 1.29 is 9.53 Å². The first kappa shape index (κ1) is 12.8. The number of amides is 2. The number of nitrogens with two attached hydrogens (primary N) is 1. The highest BCUT2D eigenvalue weighted by Gasteiger charge is 2.00. The molecule has 0 saturated heterocycles. The summed E-state index contributed by atoms with van der Waals surface area (Å²) in [5.41, 5.74) is 7.86. The summed E-state index contributed by atoms with van der Waals surface area (Å²) in [6.07, 6.45) is 1.52. The van der Waals surface area contributed by atoms with Gasteiger partial charge in [-0.15, -0.1) is 0 Å². The second kappa shape index (κ2) is 6.31. The number of nitrogens with one attached hydrogen (secondary N) is 1. The summed E-state index contributed by atoms with van der Waals surface area (Å²) in [4.78, 5) is 10.4. The van der Waals surface area contributed by atoms with Crippen LogP contribution in [0.5, 0.6) is 5.75 Å². The number of primary amides is 1. The van der Waals surface area contributed by atoms with E-state index in [1.807, 2.05) is 25.1 Å². The monoisotopic (exact) mass is 333 g/mol. The number of hydrogen-bond donors (Lipinski definition) is 2. The third-order valence-electron chi connectivity index (χ3n) is 1.64. The van der Waals surface area contributed by atoms with Gasteiger partial charge in [0.1, 0.15) is 5.75 Å². The van der Waals surface area contributed by atoms with Gasteiger partial charge in [0.15, 0.2) is 0 Å². The van der Waals surface area contributed by atoms with Crippen LogP contribution in [0.1, 0.15) is 12.5 Å². The maximum Gasteiger partial charge on any atom is 0.332 e. The van der Waals surface area contributed by atoms with Crippen LogP contribution in [0.25, 0.3) is 0 Å². The van der Waals surface area contributed by atoms with Gasteiger partial charge in [-0.3, -0.25) is 0 Å². The average Bonchev–Trinajstić information content (AvgIpc) is 2.21. The van der Waals surface area contributed by atoms with Crippen LogP contribution in [0, 0.1) is 3.57 Å². The van der Waals surface area contributed by atoms with Crippen LogP contribution >= 0.6 is 22.6 Å². The molecule has 0 fully saturated rings. The first-order chi connectivity index (χ1) is 7.63. The van der Waals surface area contributed by atoms with E-state index in [2.05, 4.69) is 33.1 Å². The van der Waals surface area contributed by atoms with E-state index in [1.54, 1.807) is 0 Å². The van der Waals surface area contributed by atoms with Gasteiger partial charge in [0.05, 0.1) is 16.4 Å². The Morgan fingerprint density at radius 2 is 2.44 bits per heavy atom. The van der Waals surface area contributed by atoms with Crippen molar-refractivity contribution in [2.75, 3.05) is 6.61 Å². The first-order valence-electron chi connectivity index (χ1n) is 4.64. The van der Waals surface area contributed by atoms with E-state index in [0.717, 1.165) is 14.9 Å². The van der Waals surface area contributed by atoms with E-state index in [4.69, 9.17) is 10.5 Å². The Hall–Kier alpha value is -1.31. The van der Waals surface area contributed by atoms with Crippen molar-refractivity contribution in [2.24, 2.45) is 10.8 Å². The number of nitrogens with zero attached hydrogens (tertiary/aromatic N) is 1. The summed E-state index contributed by atoms with van der Waals surface area (Å²) in [7, 11) is 0. The molecule has 0 aliphatic carbocycles. The molecular formula is C10H12IN3O2. The van der Waals surface area contributed by atoms with Crippen molar-refractivity contribution in [2.45, 2.75) is 6.92 Å². The van der Waals surface area contributed by atoms with Gasteiger partial charge in [0.25, 0.3) is 0 Å². The van der Waals surface area contributed by atoms with Gasteiger partial charge in [0.2, 0.25) is 0 Å². The second-order valence-corrected chi connectivity index (χ2v) is 4.02. The van der Waals surface area contributed by atoms with Gasteiger partial charge in [-0.1, -0.05) is 0 Å². The smallest absolute Gasteiger partial charge is 0.332 e. The minimum Gasteiger partial charge on any atom is -0.493 e. The molecule has 1 aromatic carbocycles. The lowest BCUT2D eigenvalue weighted by Crippen LogP contribution is -2.24. The summed E-state index contributed by atoms with van der Waals surface area (Å²) in [6.45, 7) is 2.56. The number of halogens is 1. The molecule has 16 heavy (non-hydrogen) atoms. The van der Waals surface area contributed by atoms with Crippen molar-refractivity contribution in [1.82, 2.24) is 5.43 Å². The standard InChI is InChI=1S/C10H12IN3O2/c1-2-16-9-4-3-7(5-8(9)11)6-13-14-10(12)15/h3-6H,2H2,1H3,(H3,12,14,15)/b13-6-. The summed E-state index contributed by atoms with van der Waals surface area (Å²) in [6, 6.07) is 4.92. The quantitative estimate of drug-likeness (QED) is 0.500. The minimum atomic E-state index is -0.683. The van der Waals surface area contributed by atoms with Crippen molar-refractivity contribution in [1.29, 1.82) is 0 Å². The van der Waals surface area contributed by atoms with E-state index in [1.165, 1.54) is 6.21 Å². The van der Waals surface area contributed by atoms with Crippen LogP contribution in [0.4, 0.5) is 4.79 Å². The van der Waals surface area contributed by atoms with Crippen molar-refractivity contribution >= 4 is 34.8 Å². The molecule has 5 nitrogen and oxygen atoms in total. The van der Waals surface area contributed by atoms with Crippen LogP contribution in [-0.2, 0) is 0 Å². The number of rotatable bonds is 4. The third-order valence-corrected chi connectivity index (χ3v) is 2.49. The Kier molecular flexibility index (Phi) is 5.03. The average molecular weight is 333 g/mol. The highest BCUT2D eigenvalue weighted by molar-refractivity contribution is 14.1. The fourth-order valence-electron chi connectivity index (χ4n) is 1.04. The molecule has 1 aromatic rings. The van der Waals surface area contributed by atoms with E-state index in [-0.39, 0.29) is 0 Å².